The van der Waals surface area contributed by atoms with E-state index < -0.39 is 0 Å². The molecule has 0 aliphatic heterocycles. The van der Waals surface area contributed by atoms with Gasteiger partial charge < -0.3 is 10.6 Å². The average Bonchev–Trinajstić information content (AvgIpc) is 2.52. The van der Waals surface area contributed by atoms with Gasteiger partial charge in [-0.3, -0.25) is 9.59 Å². The molecule has 4 aliphatic rings. The normalized spacial score (nSPS) is 33.3. The summed E-state index contributed by atoms with van der Waals surface area (Å²) in [5, 5.41) is 6.17. The molecule has 4 rings (SSSR count). The van der Waals surface area contributed by atoms with Crippen molar-refractivity contribution in [2.75, 3.05) is 6.54 Å². The third kappa shape index (κ3) is 4.80. The molecule has 0 aromatic heterocycles. The van der Waals surface area contributed by atoms with Gasteiger partial charge in [0, 0.05) is 24.4 Å². The Morgan fingerprint density at radius 2 is 1.54 bits per heavy atom. The molecule has 4 heteroatoms. The predicted octanol–water partition coefficient (Wildman–Crippen LogP) is 4.04. The maximum atomic E-state index is 12.9. The third-order valence-corrected chi connectivity index (χ3v) is 6.98. The zero-order chi connectivity index (χ0) is 18.7. The van der Waals surface area contributed by atoms with E-state index in [-0.39, 0.29) is 23.3 Å². The summed E-state index contributed by atoms with van der Waals surface area (Å²) in [6.45, 7) is 7.02. The Balaban J connectivity index is 1.35. The van der Waals surface area contributed by atoms with Crippen LogP contribution >= 0.6 is 0 Å². The quantitative estimate of drug-likeness (QED) is 0.650. The molecule has 4 nitrogen and oxygen atoms in total. The lowest BCUT2D eigenvalue weighted by atomic mass is 9.49. The molecule has 1 atom stereocenters. The second kappa shape index (κ2) is 8.31. The van der Waals surface area contributed by atoms with Gasteiger partial charge in [-0.05, 0) is 75.5 Å². The number of carbonyl (C=O) groups excluding carboxylic acids is 2. The predicted molar refractivity (Wildman–Crippen MR) is 105 cm³/mol. The second-order valence-corrected chi connectivity index (χ2v) is 10.00. The van der Waals surface area contributed by atoms with Gasteiger partial charge in [-0.15, -0.1) is 0 Å². The van der Waals surface area contributed by atoms with Gasteiger partial charge in [-0.25, -0.2) is 0 Å². The molecular weight excluding hydrogens is 324 g/mol. The number of carbonyl (C=O) groups is 2. The highest BCUT2D eigenvalue weighted by atomic mass is 16.2. The highest BCUT2D eigenvalue weighted by Crippen LogP contribution is 2.60. The summed E-state index contributed by atoms with van der Waals surface area (Å²) in [7, 11) is 0. The Morgan fingerprint density at radius 1 is 0.962 bits per heavy atom. The SMILES string of the molecule is CC(C)CCCC(C)NC(=O)CCNC(=O)C12CC3CC(CC(C3)C1)C2. The van der Waals surface area contributed by atoms with Crippen LogP contribution in [-0.2, 0) is 9.59 Å². The Hall–Kier alpha value is -1.06. The molecule has 2 amide bonds. The maximum absolute atomic E-state index is 12.9. The first-order valence-corrected chi connectivity index (χ1v) is 10.9. The van der Waals surface area contributed by atoms with Crippen LogP contribution in [0.1, 0.15) is 85.0 Å². The molecule has 4 aliphatic carbocycles. The molecule has 0 radical (unpaired) electrons. The van der Waals surface area contributed by atoms with Crippen LogP contribution in [0.5, 0.6) is 0 Å². The van der Waals surface area contributed by atoms with Crippen LogP contribution in [0.25, 0.3) is 0 Å². The van der Waals surface area contributed by atoms with E-state index in [4.69, 9.17) is 0 Å². The average molecular weight is 363 g/mol. The standard InChI is InChI=1S/C22H38N2O2/c1-15(2)5-4-6-16(3)24-20(25)7-8-23-21(26)22-12-17-9-18(13-22)11-19(10-17)14-22/h15-19H,4-14H2,1-3H3,(H,23,26)(H,24,25). The molecule has 0 spiro atoms. The number of hydrogen-bond acceptors (Lipinski definition) is 2. The van der Waals surface area contributed by atoms with E-state index in [1.54, 1.807) is 0 Å². The summed E-state index contributed by atoms with van der Waals surface area (Å²) in [5.74, 6) is 3.35. The van der Waals surface area contributed by atoms with E-state index >= 15 is 0 Å². The Labute approximate surface area is 159 Å². The third-order valence-electron chi connectivity index (χ3n) is 6.98. The minimum absolute atomic E-state index is 0.0628. The van der Waals surface area contributed by atoms with E-state index in [1.165, 1.54) is 25.7 Å². The van der Waals surface area contributed by atoms with Gasteiger partial charge >= 0.3 is 0 Å². The Kier molecular flexibility index (Phi) is 6.29. The maximum Gasteiger partial charge on any atom is 0.226 e. The van der Waals surface area contributed by atoms with Crippen LogP contribution in [0.15, 0.2) is 0 Å². The monoisotopic (exact) mass is 362 g/mol. The molecule has 2 N–H and O–H groups in total. The number of nitrogens with one attached hydrogen (secondary N) is 2. The Morgan fingerprint density at radius 3 is 2.08 bits per heavy atom. The molecule has 0 aromatic carbocycles. The molecule has 1 unspecified atom stereocenters. The zero-order valence-electron chi connectivity index (χ0n) is 17.0. The van der Waals surface area contributed by atoms with Crippen molar-refractivity contribution in [3.8, 4) is 0 Å². The molecule has 4 saturated carbocycles. The van der Waals surface area contributed by atoms with Crippen LogP contribution in [-0.4, -0.2) is 24.4 Å². The van der Waals surface area contributed by atoms with Gasteiger partial charge in [0.05, 0.1) is 0 Å². The minimum atomic E-state index is -0.102. The van der Waals surface area contributed by atoms with Crippen LogP contribution in [0.3, 0.4) is 0 Å². The fourth-order valence-corrected chi connectivity index (χ4v) is 6.12. The van der Waals surface area contributed by atoms with Gasteiger partial charge in [0.25, 0.3) is 0 Å². The van der Waals surface area contributed by atoms with Crippen molar-refractivity contribution in [2.24, 2.45) is 29.1 Å². The van der Waals surface area contributed by atoms with E-state index in [2.05, 4.69) is 31.4 Å². The molecule has 0 aromatic rings. The molecule has 26 heavy (non-hydrogen) atoms. The van der Waals surface area contributed by atoms with Crippen molar-refractivity contribution in [1.29, 1.82) is 0 Å². The topological polar surface area (TPSA) is 58.2 Å². The van der Waals surface area contributed by atoms with Gasteiger partial charge in [-0.1, -0.05) is 26.7 Å². The van der Waals surface area contributed by atoms with Crippen LogP contribution < -0.4 is 10.6 Å². The molecule has 148 valence electrons. The van der Waals surface area contributed by atoms with Gasteiger partial charge in [0.1, 0.15) is 0 Å². The van der Waals surface area contributed by atoms with Crippen LogP contribution in [0.4, 0.5) is 0 Å². The van der Waals surface area contributed by atoms with Crippen molar-refractivity contribution in [2.45, 2.75) is 91.0 Å². The highest BCUT2D eigenvalue weighted by molar-refractivity contribution is 5.84. The first kappa shape index (κ1) is 19.7. The molecule has 0 heterocycles. The fourth-order valence-electron chi connectivity index (χ4n) is 6.12. The summed E-state index contributed by atoms with van der Waals surface area (Å²) in [6.07, 6.45) is 11.1. The van der Waals surface area contributed by atoms with Crippen LogP contribution in [0.2, 0.25) is 0 Å². The summed E-state index contributed by atoms with van der Waals surface area (Å²) < 4.78 is 0. The molecular formula is C22H38N2O2. The van der Waals surface area contributed by atoms with Crippen molar-refractivity contribution in [3.63, 3.8) is 0 Å². The fraction of sp³-hybridized carbons (Fsp3) is 0.909. The highest BCUT2D eigenvalue weighted by Gasteiger charge is 2.54. The second-order valence-electron chi connectivity index (χ2n) is 10.00. The number of rotatable bonds is 9. The molecule has 4 fully saturated rings. The minimum Gasteiger partial charge on any atom is -0.355 e. The number of amides is 2. The summed E-state index contributed by atoms with van der Waals surface area (Å²) in [4.78, 5) is 25.0. The van der Waals surface area contributed by atoms with Gasteiger partial charge in [-0.2, -0.15) is 0 Å². The first-order chi connectivity index (χ1) is 12.4. The van der Waals surface area contributed by atoms with Gasteiger partial charge in [0.15, 0.2) is 0 Å². The van der Waals surface area contributed by atoms with E-state index in [1.807, 2.05) is 0 Å². The smallest absolute Gasteiger partial charge is 0.226 e. The van der Waals surface area contributed by atoms with Crippen molar-refractivity contribution >= 4 is 11.8 Å². The van der Waals surface area contributed by atoms with E-state index in [9.17, 15) is 9.59 Å². The first-order valence-electron chi connectivity index (χ1n) is 10.9. The largest absolute Gasteiger partial charge is 0.355 e. The lowest BCUT2D eigenvalue weighted by molar-refractivity contribution is -0.146. The molecule has 4 bridgehead atoms. The zero-order valence-corrected chi connectivity index (χ0v) is 17.0. The summed E-state index contributed by atoms with van der Waals surface area (Å²) >= 11 is 0. The van der Waals surface area contributed by atoms with E-state index in [0.29, 0.717) is 13.0 Å². The summed E-state index contributed by atoms with van der Waals surface area (Å²) in [5.41, 5.74) is -0.102. The lowest BCUT2D eigenvalue weighted by Gasteiger charge is -2.55. The number of hydrogen-bond donors (Lipinski definition) is 2. The summed E-state index contributed by atoms with van der Waals surface area (Å²) in [6, 6.07) is 0.222. The van der Waals surface area contributed by atoms with Crippen LogP contribution in [0, 0.1) is 29.1 Å². The molecule has 0 saturated heterocycles. The van der Waals surface area contributed by atoms with Crippen molar-refractivity contribution < 1.29 is 9.59 Å². The van der Waals surface area contributed by atoms with Crippen molar-refractivity contribution in [1.82, 2.24) is 10.6 Å². The van der Waals surface area contributed by atoms with Gasteiger partial charge in [0.2, 0.25) is 11.8 Å². The lowest BCUT2D eigenvalue weighted by Crippen LogP contribution is -2.53. The Bertz CT molecular complexity index is 479. The van der Waals surface area contributed by atoms with Crippen molar-refractivity contribution in [3.05, 3.63) is 0 Å². The van der Waals surface area contributed by atoms with E-state index in [0.717, 1.165) is 55.8 Å².